The van der Waals surface area contributed by atoms with Crippen LogP contribution in [0, 0.1) is 18.8 Å². The van der Waals surface area contributed by atoms with Gasteiger partial charge in [0.1, 0.15) is 5.15 Å². The van der Waals surface area contributed by atoms with Gasteiger partial charge in [-0.3, -0.25) is 4.68 Å². The molecule has 0 radical (unpaired) electrons. The van der Waals surface area contributed by atoms with Crippen LogP contribution in [-0.4, -0.2) is 21.5 Å². The van der Waals surface area contributed by atoms with E-state index in [4.69, 9.17) is 11.6 Å². The number of aliphatic hydroxyl groups is 1. The number of halogens is 1. The molecule has 0 fully saturated rings. The highest BCUT2D eigenvalue weighted by Crippen LogP contribution is 2.24. The summed E-state index contributed by atoms with van der Waals surface area (Å²) in [5.74, 6) is 0.705. The van der Waals surface area contributed by atoms with E-state index in [1.807, 2.05) is 14.0 Å². The molecule has 0 bridgehead atoms. The Labute approximate surface area is 96.1 Å². The summed E-state index contributed by atoms with van der Waals surface area (Å²) < 4.78 is 1.68. The van der Waals surface area contributed by atoms with Gasteiger partial charge in [-0.2, -0.15) is 5.10 Å². The molecule has 1 rings (SSSR count). The van der Waals surface area contributed by atoms with Crippen LogP contribution in [0.1, 0.15) is 25.1 Å². The molecule has 0 spiro atoms. The van der Waals surface area contributed by atoms with Crippen molar-refractivity contribution in [3.8, 4) is 0 Å². The first kappa shape index (κ1) is 12.5. The van der Waals surface area contributed by atoms with Crippen LogP contribution in [0.3, 0.4) is 0 Å². The molecule has 1 atom stereocenters. The fourth-order valence-electron chi connectivity index (χ4n) is 1.68. The zero-order valence-corrected chi connectivity index (χ0v) is 10.5. The molecule has 86 valence electrons. The molecular formula is C11H19ClN2O. The number of aryl methyl sites for hydroxylation is 2. The standard InChI is InChI=1S/C11H19ClN2O/c1-7(2)9(6-15)5-10-8(3)13-14(4)11(10)12/h7,9,15H,5-6H2,1-4H3. The van der Waals surface area contributed by atoms with E-state index in [0.717, 1.165) is 17.7 Å². The van der Waals surface area contributed by atoms with Crippen molar-refractivity contribution in [1.29, 1.82) is 0 Å². The van der Waals surface area contributed by atoms with Gasteiger partial charge in [-0.05, 0) is 25.2 Å². The van der Waals surface area contributed by atoms with Crippen molar-refractivity contribution in [2.75, 3.05) is 6.61 Å². The summed E-state index contributed by atoms with van der Waals surface area (Å²) in [6.07, 6.45) is 0.798. The highest BCUT2D eigenvalue weighted by Gasteiger charge is 2.18. The van der Waals surface area contributed by atoms with Gasteiger partial charge >= 0.3 is 0 Å². The van der Waals surface area contributed by atoms with E-state index in [2.05, 4.69) is 18.9 Å². The van der Waals surface area contributed by atoms with Gasteiger partial charge in [-0.15, -0.1) is 0 Å². The molecule has 0 aliphatic carbocycles. The summed E-state index contributed by atoms with van der Waals surface area (Å²) >= 11 is 6.14. The summed E-state index contributed by atoms with van der Waals surface area (Å²) in [6.45, 7) is 6.37. The molecule has 1 heterocycles. The first-order valence-corrected chi connectivity index (χ1v) is 5.64. The zero-order chi connectivity index (χ0) is 11.6. The Bertz CT molecular complexity index is 334. The molecule has 0 saturated carbocycles. The van der Waals surface area contributed by atoms with E-state index in [1.54, 1.807) is 4.68 Å². The summed E-state index contributed by atoms with van der Waals surface area (Å²) in [7, 11) is 1.84. The van der Waals surface area contributed by atoms with Crippen LogP contribution in [-0.2, 0) is 13.5 Å². The summed E-state index contributed by atoms with van der Waals surface area (Å²) in [6, 6.07) is 0. The second-order valence-corrected chi connectivity index (χ2v) is 4.73. The molecule has 4 heteroatoms. The van der Waals surface area contributed by atoms with Crippen LogP contribution in [0.5, 0.6) is 0 Å². The highest BCUT2D eigenvalue weighted by atomic mass is 35.5. The van der Waals surface area contributed by atoms with Crippen molar-refractivity contribution in [3.05, 3.63) is 16.4 Å². The fraction of sp³-hybridized carbons (Fsp3) is 0.727. The maximum atomic E-state index is 9.28. The van der Waals surface area contributed by atoms with Crippen molar-refractivity contribution in [2.24, 2.45) is 18.9 Å². The predicted molar refractivity (Wildman–Crippen MR) is 62.1 cm³/mol. The molecule has 3 nitrogen and oxygen atoms in total. The molecule has 0 aliphatic heterocycles. The summed E-state index contributed by atoms with van der Waals surface area (Å²) in [5, 5.41) is 14.2. The lowest BCUT2D eigenvalue weighted by molar-refractivity contribution is 0.189. The Kier molecular flexibility index (Phi) is 4.17. The number of rotatable bonds is 4. The fourth-order valence-corrected chi connectivity index (χ4v) is 1.93. The number of aliphatic hydroxyl groups excluding tert-OH is 1. The predicted octanol–water partition coefficient (Wildman–Crippen LogP) is 2.19. The lowest BCUT2D eigenvalue weighted by Crippen LogP contribution is -2.16. The van der Waals surface area contributed by atoms with Crippen molar-refractivity contribution in [3.63, 3.8) is 0 Å². The largest absolute Gasteiger partial charge is 0.396 e. The van der Waals surface area contributed by atoms with Gasteiger partial charge in [0.2, 0.25) is 0 Å². The molecule has 0 aliphatic rings. The minimum atomic E-state index is 0.197. The zero-order valence-electron chi connectivity index (χ0n) is 9.79. The van der Waals surface area contributed by atoms with Gasteiger partial charge in [0, 0.05) is 19.2 Å². The van der Waals surface area contributed by atoms with Crippen molar-refractivity contribution < 1.29 is 5.11 Å². The maximum Gasteiger partial charge on any atom is 0.130 e. The minimum Gasteiger partial charge on any atom is -0.396 e. The highest BCUT2D eigenvalue weighted by molar-refractivity contribution is 6.30. The van der Waals surface area contributed by atoms with Gasteiger partial charge in [-0.25, -0.2) is 0 Å². The van der Waals surface area contributed by atoms with E-state index < -0.39 is 0 Å². The molecule has 0 aromatic carbocycles. The quantitative estimate of drug-likeness (QED) is 0.861. The molecule has 1 N–H and O–H groups in total. The second kappa shape index (κ2) is 4.99. The van der Waals surface area contributed by atoms with Crippen LogP contribution >= 0.6 is 11.6 Å². The van der Waals surface area contributed by atoms with Crippen LogP contribution in [0.15, 0.2) is 0 Å². The van der Waals surface area contributed by atoms with Crippen molar-refractivity contribution in [2.45, 2.75) is 27.2 Å². The Morgan fingerprint density at radius 1 is 1.47 bits per heavy atom. The van der Waals surface area contributed by atoms with Gasteiger partial charge in [0.05, 0.1) is 5.69 Å². The molecular weight excluding hydrogens is 212 g/mol. The number of aromatic nitrogens is 2. The van der Waals surface area contributed by atoms with Crippen LogP contribution < -0.4 is 0 Å². The topological polar surface area (TPSA) is 38.0 Å². The average Bonchev–Trinajstić information content (AvgIpc) is 2.39. The van der Waals surface area contributed by atoms with Gasteiger partial charge in [0.15, 0.2) is 0 Å². The Balaban J connectivity index is 2.88. The van der Waals surface area contributed by atoms with Crippen LogP contribution in [0.2, 0.25) is 5.15 Å². The maximum absolute atomic E-state index is 9.28. The third kappa shape index (κ3) is 2.73. The number of hydrogen-bond donors (Lipinski definition) is 1. The van der Waals surface area contributed by atoms with Gasteiger partial charge < -0.3 is 5.11 Å². The SMILES string of the molecule is Cc1nn(C)c(Cl)c1CC(CO)C(C)C. The van der Waals surface area contributed by atoms with Crippen LogP contribution in [0.25, 0.3) is 0 Å². The Morgan fingerprint density at radius 2 is 2.07 bits per heavy atom. The van der Waals surface area contributed by atoms with Crippen molar-refractivity contribution >= 4 is 11.6 Å². The summed E-state index contributed by atoms with van der Waals surface area (Å²) in [4.78, 5) is 0. The molecule has 15 heavy (non-hydrogen) atoms. The Morgan fingerprint density at radius 3 is 2.40 bits per heavy atom. The van der Waals surface area contributed by atoms with E-state index in [-0.39, 0.29) is 12.5 Å². The lowest BCUT2D eigenvalue weighted by atomic mass is 9.90. The summed E-state index contributed by atoms with van der Waals surface area (Å²) in [5.41, 5.74) is 2.02. The third-order valence-electron chi connectivity index (χ3n) is 2.91. The van der Waals surface area contributed by atoms with Crippen molar-refractivity contribution in [1.82, 2.24) is 9.78 Å². The lowest BCUT2D eigenvalue weighted by Gasteiger charge is -2.17. The molecule has 0 amide bonds. The molecule has 1 aromatic heterocycles. The van der Waals surface area contributed by atoms with Crippen LogP contribution in [0.4, 0.5) is 0 Å². The first-order valence-electron chi connectivity index (χ1n) is 5.26. The third-order valence-corrected chi connectivity index (χ3v) is 3.39. The van der Waals surface area contributed by atoms with Gasteiger partial charge in [0.25, 0.3) is 0 Å². The first-order chi connectivity index (χ1) is 6.97. The Hall–Kier alpha value is -0.540. The molecule has 1 unspecified atom stereocenters. The van der Waals surface area contributed by atoms with E-state index >= 15 is 0 Å². The normalized spacial score (nSPS) is 13.5. The van der Waals surface area contributed by atoms with E-state index in [9.17, 15) is 5.11 Å². The monoisotopic (exact) mass is 230 g/mol. The second-order valence-electron chi connectivity index (χ2n) is 4.37. The number of nitrogens with zero attached hydrogens (tertiary/aromatic N) is 2. The van der Waals surface area contributed by atoms with E-state index in [0.29, 0.717) is 11.1 Å². The number of hydrogen-bond acceptors (Lipinski definition) is 2. The minimum absolute atomic E-state index is 0.197. The van der Waals surface area contributed by atoms with E-state index in [1.165, 1.54) is 0 Å². The molecule has 0 saturated heterocycles. The smallest absolute Gasteiger partial charge is 0.130 e. The van der Waals surface area contributed by atoms with Gasteiger partial charge in [-0.1, -0.05) is 25.4 Å². The average molecular weight is 231 g/mol. The molecule has 1 aromatic rings.